The number of rotatable bonds is 2. The number of carbonyl (C=O) groups excluding carboxylic acids is 2. The van der Waals surface area contributed by atoms with Crippen molar-refractivity contribution >= 4 is 23.2 Å². The highest BCUT2D eigenvalue weighted by atomic mass is 32.1. The van der Waals surface area contributed by atoms with E-state index in [1.54, 1.807) is 17.5 Å². The van der Waals surface area contributed by atoms with Gasteiger partial charge in [0.1, 0.15) is 5.60 Å². The molecule has 0 unspecified atom stereocenters. The zero-order valence-electron chi connectivity index (χ0n) is 8.35. The number of aliphatic hydroxyl groups is 1. The maximum atomic E-state index is 11.3. The first-order valence-electron chi connectivity index (χ1n) is 4.22. The van der Waals surface area contributed by atoms with Crippen molar-refractivity contribution in [3.8, 4) is 0 Å². The van der Waals surface area contributed by atoms with Crippen LogP contribution in [0.1, 0.15) is 23.5 Å². The van der Waals surface area contributed by atoms with Crippen molar-refractivity contribution in [2.24, 2.45) is 0 Å². The topological polar surface area (TPSA) is 80.5 Å². The number of hydrogen-bond donors (Lipinski definition) is 2. The molecule has 0 fully saturated rings. The number of carbonyl (C=O) groups is 2. The van der Waals surface area contributed by atoms with E-state index in [2.05, 4.69) is 10.9 Å². The van der Waals surface area contributed by atoms with E-state index in [0.29, 0.717) is 4.88 Å². The Morgan fingerprint density at radius 2 is 2.20 bits per heavy atom. The first-order chi connectivity index (χ1) is 6.91. The van der Waals surface area contributed by atoms with Gasteiger partial charge in [-0.2, -0.15) is 0 Å². The van der Waals surface area contributed by atoms with Crippen LogP contribution in [0.2, 0.25) is 0 Å². The molecule has 1 aromatic heterocycles. The van der Waals surface area contributed by atoms with Crippen LogP contribution in [0, 0.1) is 0 Å². The molecule has 0 saturated carbocycles. The van der Waals surface area contributed by atoms with Gasteiger partial charge in [-0.25, -0.2) is 5.43 Å². The molecule has 5 nitrogen and oxygen atoms in total. The molecule has 2 N–H and O–H groups in total. The lowest BCUT2D eigenvalue weighted by Crippen LogP contribution is -2.45. The van der Waals surface area contributed by atoms with Gasteiger partial charge < -0.3 is 5.11 Å². The molecule has 0 aliphatic carbocycles. The van der Waals surface area contributed by atoms with Crippen molar-refractivity contribution in [3.63, 3.8) is 0 Å². The third-order valence-electron chi connectivity index (χ3n) is 1.53. The van der Waals surface area contributed by atoms with Crippen LogP contribution in [0.3, 0.4) is 0 Å². The second kappa shape index (κ2) is 4.41. The quantitative estimate of drug-likeness (QED) is 0.713. The predicted molar refractivity (Wildman–Crippen MR) is 55.2 cm³/mol. The summed E-state index contributed by atoms with van der Waals surface area (Å²) in [6, 6.07) is 3.33. The van der Waals surface area contributed by atoms with Gasteiger partial charge in [0.25, 0.3) is 11.8 Å². The summed E-state index contributed by atoms with van der Waals surface area (Å²) >= 11 is 1.24. The summed E-state index contributed by atoms with van der Waals surface area (Å²) in [7, 11) is 0. The van der Waals surface area contributed by atoms with Crippen molar-refractivity contribution in [2.45, 2.75) is 19.4 Å². The smallest absolute Gasteiger partial charge is 0.293 e. The SMILES string of the molecule is CC(C)(O)C(=O)[N]NC(=O)c1cccs1. The lowest BCUT2D eigenvalue weighted by Gasteiger charge is -2.13. The minimum absolute atomic E-state index is 0.456. The van der Waals surface area contributed by atoms with E-state index in [0.717, 1.165) is 0 Å². The van der Waals surface area contributed by atoms with Crippen molar-refractivity contribution in [1.29, 1.82) is 0 Å². The highest BCUT2D eigenvalue weighted by Gasteiger charge is 2.25. The van der Waals surface area contributed by atoms with E-state index in [-0.39, 0.29) is 0 Å². The van der Waals surface area contributed by atoms with Crippen molar-refractivity contribution in [1.82, 2.24) is 10.9 Å². The van der Waals surface area contributed by atoms with Gasteiger partial charge in [0, 0.05) is 0 Å². The Labute approximate surface area is 91.1 Å². The van der Waals surface area contributed by atoms with Crippen LogP contribution in [0.25, 0.3) is 0 Å². The fourth-order valence-electron chi connectivity index (χ4n) is 0.701. The molecule has 1 rings (SSSR count). The molecule has 0 bridgehead atoms. The van der Waals surface area contributed by atoms with Gasteiger partial charge >= 0.3 is 0 Å². The van der Waals surface area contributed by atoms with E-state index in [4.69, 9.17) is 0 Å². The van der Waals surface area contributed by atoms with Gasteiger partial charge in [-0.15, -0.1) is 16.8 Å². The summed E-state index contributed by atoms with van der Waals surface area (Å²) in [4.78, 5) is 22.9. The summed E-state index contributed by atoms with van der Waals surface area (Å²) in [6.07, 6.45) is 0. The maximum absolute atomic E-state index is 11.3. The number of thiophene rings is 1. The van der Waals surface area contributed by atoms with Gasteiger partial charge in [0.2, 0.25) is 0 Å². The van der Waals surface area contributed by atoms with Crippen molar-refractivity contribution < 1.29 is 14.7 Å². The lowest BCUT2D eigenvalue weighted by molar-refractivity contribution is -0.137. The van der Waals surface area contributed by atoms with Crippen LogP contribution in [0.5, 0.6) is 0 Å². The third-order valence-corrected chi connectivity index (χ3v) is 2.40. The molecule has 1 aromatic rings. The molecule has 0 saturated heterocycles. The summed E-state index contributed by atoms with van der Waals surface area (Å²) < 4.78 is 0. The molecule has 0 spiro atoms. The molecule has 0 atom stereocenters. The largest absolute Gasteiger partial charge is 0.380 e. The number of hydrogen-bond acceptors (Lipinski definition) is 4. The number of amides is 2. The van der Waals surface area contributed by atoms with Crippen molar-refractivity contribution in [2.75, 3.05) is 0 Å². The summed E-state index contributed by atoms with van der Waals surface area (Å²) in [5.74, 6) is -1.24. The maximum Gasteiger partial charge on any atom is 0.293 e. The molecule has 0 aromatic carbocycles. The lowest BCUT2D eigenvalue weighted by atomic mass is 10.1. The van der Waals surface area contributed by atoms with Gasteiger partial charge in [0.05, 0.1) is 4.88 Å². The second-order valence-electron chi connectivity index (χ2n) is 3.39. The van der Waals surface area contributed by atoms with E-state index >= 15 is 0 Å². The zero-order valence-corrected chi connectivity index (χ0v) is 9.17. The van der Waals surface area contributed by atoms with Gasteiger partial charge in [-0.1, -0.05) is 6.07 Å². The third kappa shape index (κ3) is 3.34. The summed E-state index contributed by atoms with van der Waals surface area (Å²) in [6.45, 7) is 2.60. The first-order valence-corrected chi connectivity index (χ1v) is 5.10. The highest BCUT2D eigenvalue weighted by molar-refractivity contribution is 7.12. The Morgan fingerprint density at radius 3 is 2.67 bits per heavy atom. The standard InChI is InChI=1S/C9H11N2O3S/c1-9(2,14)8(13)11-10-7(12)6-4-3-5-15-6/h3-5,14H,1-2H3,(H,10,12). The van der Waals surface area contributed by atoms with E-state index in [1.807, 2.05) is 0 Å². The number of nitrogens with one attached hydrogen (secondary N) is 1. The van der Waals surface area contributed by atoms with Gasteiger partial charge in [0.15, 0.2) is 0 Å². The second-order valence-corrected chi connectivity index (χ2v) is 4.34. The zero-order chi connectivity index (χ0) is 11.5. The molecular weight excluding hydrogens is 216 g/mol. The van der Waals surface area contributed by atoms with E-state index in [9.17, 15) is 14.7 Å². The van der Waals surface area contributed by atoms with E-state index < -0.39 is 17.4 Å². The fraction of sp³-hybridized carbons (Fsp3) is 0.333. The Hall–Kier alpha value is -1.40. The molecule has 0 aliphatic heterocycles. The average Bonchev–Trinajstić information content (AvgIpc) is 2.64. The molecule has 81 valence electrons. The summed E-state index contributed by atoms with van der Waals surface area (Å²) in [5.41, 5.74) is 3.78. The molecule has 15 heavy (non-hydrogen) atoms. The minimum Gasteiger partial charge on any atom is -0.380 e. The van der Waals surface area contributed by atoms with Gasteiger partial charge in [-0.05, 0) is 25.3 Å². The van der Waals surface area contributed by atoms with E-state index in [1.165, 1.54) is 25.2 Å². The fourth-order valence-corrected chi connectivity index (χ4v) is 1.31. The average molecular weight is 227 g/mol. The molecule has 1 radical (unpaired) electrons. The minimum atomic E-state index is -1.57. The normalized spacial score (nSPS) is 10.9. The van der Waals surface area contributed by atoms with Crippen LogP contribution < -0.4 is 10.9 Å². The monoisotopic (exact) mass is 227 g/mol. The van der Waals surface area contributed by atoms with Crippen molar-refractivity contribution in [3.05, 3.63) is 22.4 Å². The van der Waals surface area contributed by atoms with Crippen LogP contribution >= 0.6 is 11.3 Å². The Morgan fingerprint density at radius 1 is 1.53 bits per heavy atom. The molecule has 0 aliphatic rings. The Bertz CT molecular complexity index is 354. The summed E-state index contributed by atoms with van der Waals surface area (Å²) in [5, 5.41) is 11.0. The van der Waals surface area contributed by atoms with Crippen LogP contribution in [-0.2, 0) is 4.79 Å². The molecule has 1 heterocycles. The van der Waals surface area contributed by atoms with Crippen LogP contribution in [0.15, 0.2) is 17.5 Å². The predicted octanol–water partition coefficient (Wildman–Crippen LogP) is 0.295. The van der Waals surface area contributed by atoms with Gasteiger partial charge in [-0.3, -0.25) is 9.59 Å². The molecular formula is C9H11N2O3S. The first kappa shape index (κ1) is 11.7. The molecule has 6 heteroatoms. The highest BCUT2D eigenvalue weighted by Crippen LogP contribution is 2.07. The number of nitrogens with zero attached hydrogens (tertiary/aromatic N) is 1. The van der Waals surface area contributed by atoms with Crippen LogP contribution in [-0.4, -0.2) is 22.5 Å². The van der Waals surface area contributed by atoms with Crippen LogP contribution in [0.4, 0.5) is 0 Å². The Kier molecular flexibility index (Phi) is 3.43. The molecule has 2 amide bonds. The Balaban J connectivity index is 2.45.